The molecule has 2 aromatic heterocycles. The highest BCUT2D eigenvalue weighted by molar-refractivity contribution is 7.91. The van der Waals surface area contributed by atoms with Crippen molar-refractivity contribution in [3.05, 3.63) is 59.5 Å². The monoisotopic (exact) mass is 652 g/mol. The van der Waals surface area contributed by atoms with E-state index in [0.29, 0.717) is 31.9 Å². The summed E-state index contributed by atoms with van der Waals surface area (Å²) in [6.07, 6.45) is 0.914. The Kier molecular flexibility index (Phi) is 9.99. The summed E-state index contributed by atoms with van der Waals surface area (Å²) in [6.45, 7) is 9.38. The number of aryl methyl sites for hydroxylation is 1. The van der Waals surface area contributed by atoms with E-state index in [1.807, 2.05) is 12.1 Å². The molecule has 240 valence electrons. The number of hydrogen-bond acceptors (Lipinski definition) is 11. The van der Waals surface area contributed by atoms with E-state index in [4.69, 9.17) is 4.98 Å². The summed E-state index contributed by atoms with van der Waals surface area (Å²) >= 11 is 0.930. The Bertz CT molecular complexity index is 1790. The second kappa shape index (κ2) is 13.7. The third-order valence-electron chi connectivity index (χ3n) is 7.86. The van der Waals surface area contributed by atoms with Crippen molar-refractivity contribution in [2.75, 3.05) is 64.6 Å². The number of carbonyl (C=O) groups excluding carboxylic acids is 1. The summed E-state index contributed by atoms with van der Waals surface area (Å²) in [7, 11) is 1.65. The van der Waals surface area contributed by atoms with Crippen LogP contribution in [0.1, 0.15) is 23.7 Å². The predicted octanol–water partition coefficient (Wildman–Crippen LogP) is 4.42. The van der Waals surface area contributed by atoms with Gasteiger partial charge in [-0.3, -0.25) is 10.2 Å². The van der Waals surface area contributed by atoms with Crippen molar-refractivity contribution in [3.8, 4) is 11.1 Å². The second-order valence-electron chi connectivity index (χ2n) is 11.5. The minimum absolute atomic E-state index is 0.0516. The molecule has 12 nitrogen and oxygen atoms in total. The second-order valence-corrected chi connectivity index (χ2v) is 14.6. The number of para-hydroxylation sites is 1. The average Bonchev–Trinajstić information content (AvgIpc) is 3.38. The third kappa shape index (κ3) is 7.25. The summed E-state index contributed by atoms with van der Waals surface area (Å²) in [5.74, 6) is 0.773. The molecule has 1 saturated heterocycles. The highest BCUT2D eigenvalue weighted by Gasteiger charge is 2.32. The molecule has 0 aliphatic carbocycles. The van der Waals surface area contributed by atoms with Crippen molar-refractivity contribution >= 4 is 49.3 Å². The molecule has 0 saturated carbocycles. The molecule has 0 bridgehead atoms. The first-order valence-corrected chi connectivity index (χ1v) is 17.0. The maximum atomic E-state index is 13.4. The lowest BCUT2D eigenvalue weighted by Crippen LogP contribution is -2.50. The molecule has 1 fully saturated rings. The van der Waals surface area contributed by atoms with E-state index in [0.717, 1.165) is 52.3 Å². The number of benzene rings is 2. The van der Waals surface area contributed by atoms with Gasteiger partial charge < -0.3 is 15.0 Å². The van der Waals surface area contributed by atoms with Crippen LogP contribution in [0.2, 0.25) is 0 Å². The van der Waals surface area contributed by atoms with Gasteiger partial charge in [-0.15, -0.1) is 0 Å². The van der Waals surface area contributed by atoms with Crippen molar-refractivity contribution < 1.29 is 17.9 Å². The van der Waals surface area contributed by atoms with Crippen LogP contribution in [0, 0.1) is 13.8 Å². The lowest BCUT2D eigenvalue weighted by molar-refractivity contribution is 0.184. The zero-order valence-electron chi connectivity index (χ0n) is 26.5. The molecular formula is C31H40N8O4S2. The van der Waals surface area contributed by atoms with Crippen LogP contribution in [0.5, 0.6) is 0 Å². The lowest BCUT2D eigenvalue weighted by atomic mass is 9.94. The fourth-order valence-electron chi connectivity index (χ4n) is 5.66. The van der Waals surface area contributed by atoms with Crippen molar-refractivity contribution in [1.29, 1.82) is 0 Å². The lowest BCUT2D eigenvalue weighted by Gasteiger charge is -2.35. The molecule has 1 atom stereocenters. The van der Waals surface area contributed by atoms with Crippen LogP contribution < -0.4 is 10.6 Å². The number of nitrogens with zero attached hydrogens (tertiary/aromatic N) is 6. The van der Waals surface area contributed by atoms with Gasteiger partial charge in [0.25, 0.3) is 10.0 Å². The fraction of sp³-hybridized carbons (Fsp3) is 0.419. The van der Waals surface area contributed by atoms with Gasteiger partial charge >= 0.3 is 6.09 Å². The maximum Gasteiger partial charge on any atom is 0.413 e. The maximum absolute atomic E-state index is 13.4. The molecule has 2 N–H and O–H groups in total. The smallest absolute Gasteiger partial charge is 0.413 e. The van der Waals surface area contributed by atoms with Gasteiger partial charge in [0.05, 0.1) is 18.3 Å². The topological polar surface area (TPSA) is 133 Å². The molecule has 14 heteroatoms. The van der Waals surface area contributed by atoms with Gasteiger partial charge in [0.2, 0.25) is 0 Å². The highest BCUT2D eigenvalue weighted by Crippen LogP contribution is 2.34. The minimum Gasteiger partial charge on any atom is -0.453 e. The van der Waals surface area contributed by atoms with Crippen LogP contribution >= 0.6 is 11.3 Å². The molecule has 1 aliphatic heterocycles. The quantitative estimate of drug-likeness (QED) is 0.254. The van der Waals surface area contributed by atoms with Crippen molar-refractivity contribution in [1.82, 2.24) is 29.1 Å². The SMILES string of the molecule is COC(=O)Nc1nc(C)c(S(=O)(=O)N2CCN(C[C@H](C)Nc3ncnc4c(-c5cccc(CN(C)C)c5C)cccc34)CC2)s1. The number of sulfonamides is 1. The van der Waals surface area contributed by atoms with Crippen molar-refractivity contribution in [2.45, 2.75) is 37.6 Å². The summed E-state index contributed by atoms with van der Waals surface area (Å²) in [5, 5.41) is 7.17. The van der Waals surface area contributed by atoms with E-state index in [2.05, 4.69) is 87.3 Å². The number of thiazole rings is 1. The molecule has 1 aliphatic rings. The Hall–Kier alpha value is -3.69. The molecule has 2 aromatic carbocycles. The number of piperazine rings is 1. The molecule has 5 rings (SSSR count). The van der Waals surface area contributed by atoms with Gasteiger partial charge in [-0.25, -0.2) is 28.2 Å². The number of ether oxygens (including phenoxy) is 1. The van der Waals surface area contributed by atoms with Crippen LogP contribution in [-0.2, 0) is 21.3 Å². The number of fused-ring (bicyclic) bond motifs is 1. The third-order valence-corrected chi connectivity index (χ3v) is 11.4. The first-order chi connectivity index (χ1) is 21.5. The van der Waals surface area contributed by atoms with E-state index in [9.17, 15) is 13.2 Å². The number of amides is 1. The van der Waals surface area contributed by atoms with E-state index in [1.165, 1.54) is 22.5 Å². The summed E-state index contributed by atoms with van der Waals surface area (Å²) in [6, 6.07) is 12.7. The number of nitrogens with one attached hydrogen (secondary N) is 2. The average molecular weight is 653 g/mol. The minimum atomic E-state index is -3.74. The van der Waals surface area contributed by atoms with Gasteiger partial charge in [-0.2, -0.15) is 4.31 Å². The van der Waals surface area contributed by atoms with Crippen molar-refractivity contribution in [3.63, 3.8) is 0 Å². The van der Waals surface area contributed by atoms with Gasteiger partial charge in [0, 0.05) is 56.3 Å². The van der Waals surface area contributed by atoms with E-state index >= 15 is 0 Å². The van der Waals surface area contributed by atoms with Crippen LogP contribution in [-0.4, -0.2) is 104 Å². The number of anilines is 2. The first-order valence-electron chi connectivity index (χ1n) is 14.8. The van der Waals surface area contributed by atoms with Gasteiger partial charge in [-0.05, 0) is 57.6 Å². The Balaban J connectivity index is 1.25. The van der Waals surface area contributed by atoms with Crippen LogP contribution in [0.4, 0.5) is 15.7 Å². The largest absolute Gasteiger partial charge is 0.453 e. The van der Waals surface area contributed by atoms with Gasteiger partial charge in [0.15, 0.2) is 9.34 Å². The van der Waals surface area contributed by atoms with Crippen LogP contribution in [0.25, 0.3) is 22.0 Å². The normalized spacial score (nSPS) is 15.4. The number of hydrogen-bond donors (Lipinski definition) is 2. The highest BCUT2D eigenvalue weighted by atomic mass is 32.2. The fourth-order valence-corrected chi connectivity index (χ4v) is 8.61. The van der Waals surface area contributed by atoms with Gasteiger partial charge in [-0.1, -0.05) is 41.7 Å². The Morgan fingerprint density at radius 2 is 1.78 bits per heavy atom. The summed E-state index contributed by atoms with van der Waals surface area (Å²) in [5.41, 5.74) is 6.01. The van der Waals surface area contributed by atoms with E-state index < -0.39 is 16.1 Å². The van der Waals surface area contributed by atoms with E-state index in [-0.39, 0.29) is 15.4 Å². The molecular weight excluding hydrogens is 613 g/mol. The Labute approximate surface area is 268 Å². The number of rotatable bonds is 10. The number of aromatic nitrogens is 3. The van der Waals surface area contributed by atoms with Crippen LogP contribution in [0.15, 0.2) is 46.9 Å². The molecule has 45 heavy (non-hydrogen) atoms. The molecule has 0 radical (unpaired) electrons. The summed E-state index contributed by atoms with van der Waals surface area (Å²) < 4.78 is 33.0. The predicted molar refractivity (Wildman–Crippen MR) is 178 cm³/mol. The van der Waals surface area contributed by atoms with Crippen LogP contribution in [0.3, 0.4) is 0 Å². The Morgan fingerprint density at radius 3 is 2.49 bits per heavy atom. The zero-order chi connectivity index (χ0) is 32.3. The summed E-state index contributed by atoms with van der Waals surface area (Å²) in [4.78, 5) is 29.4. The number of methoxy groups -OCH3 is 1. The standard InChI is InChI=1S/C31H40N8O4S2/c1-20(17-38-13-15-39(16-14-38)45(41,42)29-22(3)35-30(44-29)36-31(40)43-6)34-28-26-12-8-11-25(27(26)32-19-33-28)24-10-7-9-23(21(24)2)18-37(4)5/h7-12,19-20H,13-18H2,1-6H3,(H,32,33,34)(H,35,36,40)/t20-/m0/s1. The van der Waals surface area contributed by atoms with E-state index in [1.54, 1.807) is 13.3 Å². The van der Waals surface area contributed by atoms with Gasteiger partial charge in [0.1, 0.15) is 12.1 Å². The first kappa shape index (κ1) is 32.7. The molecule has 0 spiro atoms. The molecule has 1 amide bonds. The van der Waals surface area contributed by atoms with Crippen molar-refractivity contribution in [2.24, 2.45) is 0 Å². The molecule has 0 unspecified atom stereocenters. The molecule has 3 heterocycles. The Morgan fingerprint density at radius 1 is 1.07 bits per heavy atom. The zero-order valence-corrected chi connectivity index (χ0v) is 28.1. The molecule has 4 aromatic rings. The number of carbonyl (C=O) groups is 1.